The van der Waals surface area contributed by atoms with Gasteiger partial charge in [-0.1, -0.05) is 24.3 Å². The van der Waals surface area contributed by atoms with Crippen LogP contribution in [0.5, 0.6) is 0 Å². The molecule has 0 aromatic heterocycles. The Morgan fingerprint density at radius 3 is 2.62 bits per heavy atom. The molecule has 1 atom stereocenters. The smallest absolute Gasteiger partial charge is 0.251 e. The number of benzene rings is 2. The largest absolute Gasteiger partial charge is 0.372 e. The maximum atomic E-state index is 11.8. The fraction of sp³-hybridized carbons (Fsp3) is 0.391. The van der Waals surface area contributed by atoms with E-state index < -0.39 is 0 Å². The molecule has 29 heavy (non-hydrogen) atoms. The van der Waals surface area contributed by atoms with Crippen LogP contribution in [0.3, 0.4) is 0 Å². The summed E-state index contributed by atoms with van der Waals surface area (Å²) in [6.07, 6.45) is 2.55. The van der Waals surface area contributed by atoms with Crippen LogP contribution in [0.2, 0.25) is 0 Å². The monoisotopic (exact) mass is 393 g/mol. The van der Waals surface area contributed by atoms with Crippen LogP contribution in [0, 0.1) is 0 Å². The van der Waals surface area contributed by atoms with Gasteiger partial charge in [-0.15, -0.1) is 0 Å². The number of hydrogen-bond donors (Lipinski definition) is 3. The Morgan fingerprint density at radius 2 is 1.90 bits per heavy atom. The van der Waals surface area contributed by atoms with Crippen LogP contribution < -0.4 is 20.9 Å². The Balaban J connectivity index is 1.60. The van der Waals surface area contributed by atoms with Gasteiger partial charge in [0.05, 0.1) is 6.04 Å². The van der Waals surface area contributed by atoms with Crippen molar-refractivity contribution in [1.82, 2.24) is 16.0 Å². The van der Waals surface area contributed by atoms with Gasteiger partial charge in [0, 0.05) is 45.0 Å². The minimum Gasteiger partial charge on any atom is -0.372 e. The summed E-state index contributed by atoms with van der Waals surface area (Å²) in [7, 11) is 3.41. The Labute approximate surface area is 173 Å². The van der Waals surface area contributed by atoms with Crippen LogP contribution in [0.25, 0.3) is 0 Å². The molecule has 3 N–H and O–H groups in total. The van der Waals surface area contributed by atoms with E-state index >= 15 is 0 Å². The van der Waals surface area contributed by atoms with Crippen molar-refractivity contribution < 1.29 is 4.79 Å². The molecular weight excluding hydrogens is 362 g/mol. The van der Waals surface area contributed by atoms with E-state index in [4.69, 9.17) is 0 Å². The van der Waals surface area contributed by atoms with Crippen molar-refractivity contribution in [3.05, 3.63) is 65.2 Å². The van der Waals surface area contributed by atoms with E-state index in [9.17, 15) is 4.79 Å². The third-order valence-electron chi connectivity index (χ3n) is 5.29. The zero-order chi connectivity index (χ0) is 20.6. The first-order chi connectivity index (χ1) is 14.1. The van der Waals surface area contributed by atoms with Gasteiger partial charge >= 0.3 is 0 Å². The molecule has 1 amide bonds. The van der Waals surface area contributed by atoms with Crippen molar-refractivity contribution in [2.24, 2.45) is 4.99 Å². The molecule has 1 aliphatic rings. The van der Waals surface area contributed by atoms with Gasteiger partial charge in [-0.05, 0) is 55.2 Å². The van der Waals surface area contributed by atoms with Gasteiger partial charge in [0.1, 0.15) is 0 Å². The molecular formula is C23H31N5O. The summed E-state index contributed by atoms with van der Waals surface area (Å²) < 4.78 is 0. The van der Waals surface area contributed by atoms with E-state index in [1.54, 1.807) is 14.1 Å². The Morgan fingerprint density at radius 1 is 1.14 bits per heavy atom. The number of carbonyl (C=O) groups is 1. The number of hydrogen-bond acceptors (Lipinski definition) is 3. The lowest BCUT2D eigenvalue weighted by atomic mass is 10.1. The summed E-state index contributed by atoms with van der Waals surface area (Å²) >= 11 is 0. The number of guanidine groups is 1. The maximum Gasteiger partial charge on any atom is 0.251 e. The highest BCUT2D eigenvalue weighted by atomic mass is 16.1. The predicted molar refractivity (Wildman–Crippen MR) is 119 cm³/mol. The Kier molecular flexibility index (Phi) is 7.11. The van der Waals surface area contributed by atoms with Gasteiger partial charge in [0.15, 0.2) is 5.96 Å². The molecule has 0 saturated carbocycles. The fourth-order valence-electron chi connectivity index (χ4n) is 3.60. The van der Waals surface area contributed by atoms with Crippen molar-refractivity contribution in [1.29, 1.82) is 0 Å². The normalized spacial score (nSPS) is 15.1. The van der Waals surface area contributed by atoms with E-state index in [0.717, 1.165) is 24.6 Å². The molecule has 0 aliphatic carbocycles. The second-order valence-corrected chi connectivity index (χ2v) is 7.36. The number of rotatable bonds is 6. The molecule has 1 aliphatic heterocycles. The van der Waals surface area contributed by atoms with Crippen LogP contribution in [0.15, 0.2) is 53.5 Å². The summed E-state index contributed by atoms with van der Waals surface area (Å²) in [6.45, 7) is 5.01. The fourth-order valence-corrected chi connectivity index (χ4v) is 3.60. The molecule has 0 spiro atoms. The summed E-state index contributed by atoms with van der Waals surface area (Å²) in [5.74, 6) is 0.648. The average Bonchev–Trinajstić information content (AvgIpc) is 3.31. The molecule has 6 heteroatoms. The molecule has 2 aromatic rings. The predicted octanol–water partition coefficient (Wildman–Crippen LogP) is 3.07. The van der Waals surface area contributed by atoms with Gasteiger partial charge in [-0.25, -0.2) is 0 Å². The zero-order valence-electron chi connectivity index (χ0n) is 17.5. The van der Waals surface area contributed by atoms with Gasteiger partial charge in [0.25, 0.3) is 5.91 Å². The number of nitrogens with one attached hydrogen (secondary N) is 3. The third kappa shape index (κ3) is 5.50. The van der Waals surface area contributed by atoms with E-state index in [1.165, 1.54) is 24.1 Å². The summed E-state index contributed by atoms with van der Waals surface area (Å²) in [6, 6.07) is 16.4. The van der Waals surface area contributed by atoms with Crippen LogP contribution in [0.1, 0.15) is 47.3 Å². The van der Waals surface area contributed by atoms with Crippen molar-refractivity contribution >= 4 is 17.6 Å². The highest BCUT2D eigenvalue weighted by Gasteiger charge is 2.14. The molecule has 1 saturated heterocycles. The Hall–Kier alpha value is -3.02. The summed E-state index contributed by atoms with van der Waals surface area (Å²) in [5.41, 5.74) is 4.21. The molecule has 2 aromatic carbocycles. The minimum absolute atomic E-state index is 0.0825. The van der Waals surface area contributed by atoms with Gasteiger partial charge < -0.3 is 20.9 Å². The SMILES string of the molecule is CN=C(NCc1cccc(C(=O)NC)c1)NC(C)c1cccc(N2CCCC2)c1. The molecule has 154 valence electrons. The number of anilines is 1. The van der Waals surface area contributed by atoms with E-state index in [2.05, 4.69) is 57.0 Å². The van der Waals surface area contributed by atoms with E-state index in [-0.39, 0.29) is 11.9 Å². The van der Waals surface area contributed by atoms with Crippen LogP contribution in [-0.4, -0.2) is 39.1 Å². The number of nitrogens with zero attached hydrogens (tertiary/aromatic N) is 2. The lowest BCUT2D eigenvalue weighted by molar-refractivity contribution is 0.0963. The zero-order valence-corrected chi connectivity index (χ0v) is 17.5. The highest BCUT2D eigenvalue weighted by Crippen LogP contribution is 2.23. The number of carbonyl (C=O) groups excluding carboxylic acids is 1. The first kappa shape index (κ1) is 20.7. The third-order valence-corrected chi connectivity index (χ3v) is 5.29. The van der Waals surface area contributed by atoms with Crippen LogP contribution >= 0.6 is 0 Å². The van der Waals surface area contributed by atoms with Crippen molar-refractivity contribution in [2.75, 3.05) is 32.1 Å². The van der Waals surface area contributed by atoms with E-state index in [1.807, 2.05) is 24.3 Å². The van der Waals surface area contributed by atoms with Crippen molar-refractivity contribution in [3.63, 3.8) is 0 Å². The summed E-state index contributed by atoms with van der Waals surface area (Å²) in [5, 5.41) is 9.45. The molecule has 1 unspecified atom stereocenters. The molecule has 0 bridgehead atoms. The topological polar surface area (TPSA) is 68.8 Å². The lowest BCUT2D eigenvalue weighted by Crippen LogP contribution is -2.38. The number of aliphatic imine (C=N–C) groups is 1. The minimum atomic E-state index is -0.0825. The quantitative estimate of drug-likeness (QED) is 0.521. The molecule has 1 fully saturated rings. The molecule has 0 radical (unpaired) electrons. The standard InChI is InChI=1S/C23H31N5O/c1-17(19-9-7-11-21(15-19)28-12-4-5-13-28)27-23(25-3)26-16-18-8-6-10-20(14-18)22(29)24-2/h6-11,14-15,17H,4-5,12-13,16H2,1-3H3,(H,24,29)(H2,25,26,27). The first-order valence-electron chi connectivity index (χ1n) is 10.2. The van der Waals surface area contributed by atoms with Gasteiger partial charge in [0.2, 0.25) is 0 Å². The maximum absolute atomic E-state index is 11.8. The van der Waals surface area contributed by atoms with Crippen LogP contribution in [0.4, 0.5) is 5.69 Å². The second-order valence-electron chi connectivity index (χ2n) is 7.36. The van der Waals surface area contributed by atoms with E-state index in [0.29, 0.717) is 12.1 Å². The van der Waals surface area contributed by atoms with Gasteiger partial charge in [-0.2, -0.15) is 0 Å². The highest BCUT2D eigenvalue weighted by molar-refractivity contribution is 5.94. The average molecular weight is 394 g/mol. The lowest BCUT2D eigenvalue weighted by Gasteiger charge is -2.22. The Bertz CT molecular complexity index is 858. The van der Waals surface area contributed by atoms with Crippen molar-refractivity contribution in [2.45, 2.75) is 32.4 Å². The number of amides is 1. The summed E-state index contributed by atoms with van der Waals surface area (Å²) in [4.78, 5) is 18.6. The molecule has 3 rings (SSSR count). The second kappa shape index (κ2) is 9.96. The molecule has 1 heterocycles. The van der Waals surface area contributed by atoms with Crippen molar-refractivity contribution in [3.8, 4) is 0 Å². The van der Waals surface area contributed by atoms with Crippen LogP contribution in [-0.2, 0) is 6.54 Å². The van der Waals surface area contributed by atoms with Gasteiger partial charge in [-0.3, -0.25) is 9.79 Å². The first-order valence-corrected chi connectivity index (χ1v) is 10.2. The molecule has 6 nitrogen and oxygen atoms in total.